The van der Waals surface area contributed by atoms with Crippen LogP contribution in [0.4, 0.5) is 9.59 Å². The molecule has 5 amide bonds. The minimum absolute atomic E-state index is 0.00623. The highest BCUT2D eigenvalue weighted by atomic mass is 16.6. The van der Waals surface area contributed by atoms with E-state index < -0.39 is 11.7 Å². The SMILES string of the molecule is CC(C)(C)OC(=O)NCCOCCC(=O)NCCOc1ccccc1Cc1ccc(C2CCN(C(=O)N3CC[C@@H]4OCC(=O)N[C@@H]4C3)CC2)cc1. The molecule has 0 radical (unpaired) electrons. The number of para-hydroxylation sites is 1. The Morgan fingerprint density at radius 1 is 0.902 bits per heavy atom. The first-order valence-electron chi connectivity index (χ1n) is 18.1. The predicted molar refractivity (Wildman–Crippen MR) is 191 cm³/mol. The highest BCUT2D eigenvalue weighted by molar-refractivity contribution is 5.79. The zero-order valence-corrected chi connectivity index (χ0v) is 30.1. The number of piperidine rings is 2. The lowest BCUT2D eigenvalue weighted by molar-refractivity contribution is -0.139. The second kappa shape index (κ2) is 18.2. The van der Waals surface area contributed by atoms with Gasteiger partial charge in [0.05, 0.1) is 31.9 Å². The molecule has 0 unspecified atom stereocenters. The summed E-state index contributed by atoms with van der Waals surface area (Å²) in [6, 6.07) is 16.6. The number of nitrogens with zero attached hydrogens (tertiary/aromatic N) is 2. The summed E-state index contributed by atoms with van der Waals surface area (Å²) >= 11 is 0. The summed E-state index contributed by atoms with van der Waals surface area (Å²) in [6.45, 7) is 9.64. The van der Waals surface area contributed by atoms with Crippen molar-refractivity contribution in [3.8, 4) is 5.75 Å². The highest BCUT2D eigenvalue weighted by Crippen LogP contribution is 2.30. The van der Waals surface area contributed by atoms with Gasteiger partial charge in [0.15, 0.2) is 0 Å². The number of hydrogen-bond donors (Lipinski definition) is 3. The fraction of sp³-hybridized carbons (Fsp3) is 0.579. The number of rotatable bonds is 13. The van der Waals surface area contributed by atoms with E-state index in [9.17, 15) is 19.2 Å². The van der Waals surface area contributed by atoms with Crippen LogP contribution in [0.2, 0.25) is 0 Å². The first-order valence-corrected chi connectivity index (χ1v) is 18.1. The molecule has 3 N–H and O–H groups in total. The van der Waals surface area contributed by atoms with Crippen LogP contribution in [0.1, 0.15) is 69.1 Å². The van der Waals surface area contributed by atoms with Crippen LogP contribution >= 0.6 is 0 Å². The molecule has 0 bridgehead atoms. The highest BCUT2D eigenvalue weighted by Gasteiger charge is 2.38. The maximum absolute atomic E-state index is 13.3. The number of morpholine rings is 1. The fourth-order valence-corrected chi connectivity index (χ4v) is 6.64. The van der Waals surface area contributed by atoms with Gasteiger partial charge in [0, 0.05) is 45.6 Å². The van der Waals surface area contributed by atoms with Crippen molar-refractivity contribution >= 4 is 23.9 Å². The van der Waals surface area contributed by atoms with Gasteiger partial charge < -0.3 is 44.7 Å². The molecule has 0 saturated carbocycles. The van der Waals surface area contributed by atoms with Crippen LogP contribution < -0.4 is 20.7 Å². The molecule has 2 aromatic rings. The van der Waals surface area contributed by atoms with Crippen molar-refractivity contribution in [1.82, 2.24) is 25.8 Å². The second-order valence-corrected chi connectivity index (χ2v) is 14.3. The quantitative estimate of drug-likeness (QED) is 0.268. The molecule has 13 nitrogen and oxygen atoms in total. The van der Waals surface area contributed by atoms with Gasteiger partial charge in [-0.15, -0.1) is 0 Å². The van der Waals surface area contributed by atoms with Crippen molar-refractivity contribution in [3.05, 3.63) is 65.2 Å². The van der Waals surface area contributed by atoms with Crippen molar-refractivity contribution in [2.75, 3.05) is 65.7 Å². The van der Waals surface area contributed by atoms with E-state index in [1.807, 2.05) is 28.0 Å². The molecule has 0 aliphatic carbocycles. The van der Waals surface area contributed by atoms with E-state index in [0.29, 0.717) is 51.8 Å². The first kappa shape index (κ1) is 37.9. The minimum atomic E-state index is -0.554. The second-order valence-electron chi connectivity index (χ2n) is 14.3. The van der Waals surface area contributed by atoms with Gasteiger partial charge in [-0.3, -0.25) is 9.59 Å². The summed E-state index contributed by atoms with van der Waals surface area (Å²) in [5.74, 6) is 0.947. The molecule has 2 atom stereocenters. The van der Waals surface area contributed by atoms with Crippen LogP contribution in [-0.2, 0) is 30.2 Å². The van der Waals surface area contributed by atoms with Crippen molar-refractivity contribution in [3.63, 3.8) is 0 Å². The maximum atomic E-state index is 13.3. The number of benzene rings is 2. The summed E-state index contributed by atoms with van der Waals surface area (Å²) in [5, 5.41) is 8.45. The summed E-state index contributed by atoms with van der Waals surface area (Å²) in [5.41, 5.74) is 2.98. The van der Waals surface area contributed by atoms with E-state index in [4.69, 9.17) is 18.9 Å². The Bertz CT molecular complexity index is 1470. The summed E-state index contributed by atoms with van der Waals surface area (Å²) in [4.78, 5) is 52.7. The average molecular weight is 708 g/mol. The molecule has 3 heterocycles. The van der Waals surface area contributed by atoms with Gasteiger partial charge in [-0.2, -0.15) is 0 Å². The number of carbonyl (C=O) groups is 4. The van der Waals surface area contributed by atoms with Crippen LogP contribution in [0.15, 0.2) is 48.5 Å². The summed E-state index contributed by atoms with van der Waals surface area (Å²) in [7, 11) is 0. The zero-order chi connectivity index (χ0) is 36.2. The van der Waals surface area contributed by atoms with Crippen molar-refractivity contribution in [2.45, 2.75) is 76.5 Å². The van der Waals surface area contributed by atoms with E-state index in [0.717, 1.165) is 37.0 Å². The van der Waals surface area contributed by atoms with Gasteiger partial charge in [-0.05, 0) is 68.7 Å². The topological polar surface area (TPSA) is 148 Å². The monoisotopic (exact) mass is 707 g/mol. The number of alkyl carbamates (subject to hydrolysis) is 1. The van der Waals surface area contributed by atoms with Gasteiger partial charge in [-0.1, -0.05) is 42.5 Å². The number of carbonyl (C=O) groups excluding carboxylic acids is 4. The largest absolute Gasteiger partial charge is 0.491 e. The Morgan fingerprint density at radius 2 is 1.63 bits per heavy atom. The lowest BCUT2D eigenvalue weighted by Crippen LogP contribution is -2.62. The smallest absolute Gasteiger partial charge is 0.407 e. The lowest BCUT2D eigenvalue weighted by Gasteiger charge is -2.43. The number of hydrogen-bond acceptors (Lipinski definition) is 8. The van der Waals surface area contributed by atoms with Crippen molar-refractivity contribution < 1.29 is 38.1 Å². The van der Waals surface area contributed by atoms with Gasteiger partial charge in [-0.25, -0.2) is 9.59 Å². The van der Waals surface area contributed by atoms with E-state index >= 15 is 0 Å². The van der Waals surface area contributed by atoms with Crippen molar-refractivity contribution in [2.24, 2.45) is 0 Å². The molecule has 0 aromatic heterocycles. The minimum Gasteiger partial charge on any atom is -0.491 e. The molecule has 13 heteroatoms. The third kappa shape index (κ3) is 11.9. The molecule has 51 heavy (non-hydrogen) atoms. The lowest BCUT2D eigenvalue weighted by atomic mass is 9.88. The van der Waals surface area contributed by atoms with E-state index in [1.165, 1.54) is 11.1 Å². The third-order valence-electron chi connectivity index (χ3n) is 9.25. The maximum Gasteiger partial charge on any atom is 0.407 e. The van der Waals surface area contributed by atoms with Crippen LogP contribution in [0.25, 0.3) is 0 Å². The molecule has 3 aliphatic heterocycles. The molecule has 2 aromatic carbocycles. The molecule has 3 fully saturated rings. The summed E-state index contributed by atoms with van der Waals surface area (Å²) in [6.07, 6.45) is 3.01. The Balaban J connectivity index is 0.976. The van der Waals surface area contributed by atoms with E-state index in [-0.39, 0.29) is 56.2 Å². The number of fused-ring (bicyclic) bond motifs is 1. The number of urea groups is 1. The molecular weight excluding hydrogens is 654 g/mol. The Labute approximate surface area is 300 Å². The van der Waals surface area contributed by atoms with E-state index in [2.05, 4.69) is 46.3 Å². The number of amides is 5. The van der Waals surface area contributed by atoms with Crippen LogP contribution in [0.5, 0.6) is 5.75 Å². The number of ether oxygens (including phenoxy) is 4. The number of likely N-dealkylation sites (tertiary alicyclic amines) is 2. The molecule has 0 spiro atoms. The van der Waals surface area contributed by atoms with E-state index in [1.54, 1.807) is 20.8 Å². The van der Waals surface area contributed by atoms with Crippen molar-refractivity contribution in [1.29, 1.82) is 0 Å². The Morgan fingerprint density at radius 3 is 2.39 bits per heavy atom. The zero-order valence-electron chi connectivity index (χ0n) is 30.1. The molecule has 5 rings (SSSR count). The van der Waals surface area contributed by atoms with Crippen LogP contribution in [0, 0.1) is 0 Å². The predicted octanol–water partition coefficient (Wildman–Crippen LogP) is 3.59. The third-order valence-corrected chi connectivity index (χ3v) is 9.25. The van der Waals surface area contributed by atoms with Crippen LogP contribution in [0.3, 0.4) is 0 Å². The Kier molecular flexibility index (Phi) is 13.5. The fourth-order valence-electron chi connectivity index (χ4n) is 6.64. The molecular formula is C38H53N5O8. The number of nitrogens with one attached hydrogen (secondary N) is 3. The van der Waals surface area contributed by atoms with Gasteiger partial charge >= 0.3 is 12.1 Å². The molecule has 3 saturated heterocycles. The van der Waals surface area contributed by atoms with Crippen LogP contribution in [-0.4, -0.2) is 117 Å². The van der Waals surface area contributed by atoms with Gasteiger partial charge in [0.2, 0.25) is 11.8 Å². The average Bonchev–Trinajstić information content (AvgIpc) is 3.11. The normalized spacial score (nSPS) is 19.5. The molecule has 3 aliphatic rings. The Hall–Kier alpha value is -4.36. The molecule has 278 valence electrons. The van der Waals surface area contributed by atoms with Gasteiger partial charge in [0.25, 0.3) is 0 Å². The summed E-state index contributed by atoms with van der Waals surface area (Å²) < 4.78 is 22.3. The van der Waals surface area contributed by atoms with Gasteiger partial charge in [0.1, 0.15) is 24.6 Å². The standard InChI is InChI=1S/C38H53N5O8/c1-38(2,3)51-36(46)40-16-22-48-21-15-34(44)39-17-23-49-32-7-5-4-6-30(32)24-27-8-10-28(11-9-27)29-12-18-42(19-13-29)37(47)43-20-14-33-31(25-43)41-35(45)26-50-33/h4-11,29,31,33H,12-26H2,1-3H3,(H,39,44)(H,40,46)(H,41,45)/t31-,33+/m1/s1. The first-order chi connectivity index (χ1) is 24.5.